The quantitative estimate of drug-likeness (QED) is 0.381. The van der Waals surface area contributed by atoms with Crippen molar-refractivity contribution in [1.29, 1.82) is 0 Å². The maximum absolute atomic E-state index is 14.1. The Hall–Kier alpha value is -3.24. The van der Waals surface area contributed by atoms with Gasteiger partial charge in [-0.05, 0) is 22.7 Å². The summed E-state index contributed by atoms with van der Waals surface area (Å²) in [7, 11) is 3.75. The molecule has 33 heavy (non-hydrogen) atoms. The van der Waals surface area contributed by atoms with Crippen LogP contribution >= 0.6 is 0 Å². The van der Waals surface area contributed by atoms with Crippen LogP contribution in [0.25, 0.3) is 0 Å². The second-order valence-electron chi connectivity index (χ2n) is 7.38. The molecular weight excluding hydrogens is 430 g/mol. The predicted molar refractivity (Wildman–Crippen MR) is 121 cm³/mol. The molecule has 0 aromatic heterocycles. The van der Waals surface area contributed by atoms with E-state index in [0.29, 0.717) is 0 Å². The zero-order valence-corrected chi connectivity index (χ0v) is 19.1. The SMILES string of the molecule is COB(OC)c1ccc(C[C@@H](NC(=O)[C@H](Cc2ccccc2F)NC(C)=O)C(=O)OC)cc1. The molecule has 0 saturated carbocycles. The molecule has 0 radical (unpaired) electrons. The van der Waals surface area contributed by atoms with E-state index in [-0.39, 0.29) is 18.4 Å². The van der Waals surface area contributed by atoms with Crippen molar-refractivity contribution in [2.75, 3.05) is 21.3 Å². The number of benzene rings is 2. The number of nitrogens with one attached hydrogen (secondary N) is 2. The minimum atomic E-state index is -1.07. The van der Waals surface area contributed by atoms with E-state index in [9.17, 15) is 18.8 Å². The van der Waals surface area contributed by atoms with E-state index in [2.05, 4.69) is 10.6 Å². The lowest BCUT2D eigenvalue weighted by molar-refractivity contribution is -0.145. The number of esters is 1. The Morgan fingerprint density at radius 2 is 1.55 bits per heavy atom. The van der Waals surface area contributed by atoms with Crippen molar-refractivity contribution in [1.82, 2.24) is 10.6 Å². The summed E-state index contributed by atoms with van der Waals surface area (Å²) < 4.78 is 29.4. The van der Waals surface area contributed by atoms with Crippen molar-refractivity contribution in [3.05, 3.63) is 65.5 Å². The van der Waals surface area contributed by atoms with Crippen molar-refractivity contribution >= 4 is 30.4 Å². The number of methoxy groups -OCH3 is 1. The van der Waals surface area contributed by atoms with Gasteiger partial charge in [0.15, 0.2) is 0 Å². The van der Waals surface area contributed by atoms with Crippen molar-refractivity contribution in [3.8, 4) is 0 Å². The van der Waals surface area contributed by atoms with Crippen LogP contribution in [0.5, 0.6) is 0 Å². The predicted octanol–water partition coefficient (Wildman–Crippen LogP) is 0.761. The summed E-state index contributed by atoms with van der Waals surface area (Å²) >= 11 is 0. The number of hydrogen-bond donors (Lipinski definition) is 2. The average molecular weight is 458 g/mol. The minimum Gasteiger partial charge on any atom is -0.467 e. The van der Waals surface area contributed by atoms with E-state index in [1.807, 2.05) is 0 Å². The fourth-order valence-electron chi connectivity index (χ4n) is 3.36. The maximum atomic E-state index is 14.1. The van der Waals surface area contributed by atoms with Gasteiger partial charge in [0.05, 0.1) is 7.11 Å². The van der Waals surface area contributed by atoms with Crippen molar-refractivity contribution in [3.63, 3.8) is 0 Å². The molecule has 2 aromatic carbocycles. The Labute approximate surface area is 192 Å². The zero-order valence-electron chi connectivity index (χ0n) is 19.1. The van der Waals surface area contributed by atoms with Gasteiger partial charge in [-0.15, -0.1) is 0 Å². The highest BCUT2D eigenvalue weighted by Crippen LogP contribution is 2.11. The third-order valence-corrected chi connectivity index (χ3v) is 5.00. The molecule has 0 aliphatic carbocycles. The lowest BCUT2D eigenvalue weighted by Crippen LogP contribution is -2.53. The Morgan fingerprint density at radius 3 is 2.09 bits per heavy atom. The molecule has 0 bridgehead atoms. The van der Waals surface area contributed by atoms with Crippen LogP contribution in [0.4, 0.5) is 4.39 Å². The van der Waals surface area contributed by atoms with E-state index in [1.165, 1.54) is 46.5 Å². The highest BCUT2D eigenvalue weighted by Gasteiger charge is 2.28. The molecule has 0 aliphatic rings. The summed E-state index contributed by atoms with van der Waals surface area (Å²) in [6, 6.07) is 11.1. The summed E-state index contributed by atoms with van der Waals surface area (Å²) in [6.45, 7) is 1.26. The van der Waals surface area contributed by atoms with Crippen molar-refractivity contribution < 1.29 is 32.8 Å². The van der Waals surface area contributed by atoms with E-state index in [1.54, 1.807) is 30.3 Å². The standard InChI is InChI=1S/C23H28BFN2O6/c1-15(28)26-20(14-17-7-5-6-8-19(17)25)22(29)27-21(23(30)31-2)13-16-9-11-18(12-10-16)24(32-3)33-4/h5-12,20-21H,13-14H2,1-4H3,(H,26,28)(H,27,29)/t20-,21+/m0/s1. The molecule has 0 aliphatic heterocycles. The first-order valence-electron chi connectivity index (χ1n) is 10.3. The third kappa shape index (κ3) is 7.69. The molecule has 2 N–H and O–H groups in total. The first-order chi connectivity index (χ1) is 15.8. The van der Waals surface area contributed by atoms with Gasteiger partial charge < -0.3 is 24.7 Å². The van der Waals surface area contributed by atoms with Crippen molar-refractivity contribution in [2.45, 2.75) is 31.8 Å². The maximum Gasteiger partial charge on any atom is 0.493 e. The van der Waals surface area contributed by atoms with Gasteiger partial charge in [-0.25, -0.2) is 9.18 Å². The molecule has 0 saturated heterocycles. The average Bonchev–Trinajstić information content (AvgIpc) is 2.80. The number of amides is 2. The van der Waals surface area contributed by atoms with Gasteiger partial charge in [-0.1, -0.05) is 42.5 Å². The summed E-state index contributed by atoms with van der Waals surface area (Å²) in [5, 5.41) is 5.14. The fraction of sp³-hybridized carbons (Fsp3) is 0.348. The normalized spacial score (nSPS) is 12.4. The Kier molecular flexibility index (Phi) is 10.0. The third-order valence-electron chi connectivity index (χ3n) is 5.00. The number of hydrogen-bond acceptors (Lipinski definition) is 6. The van der Waals surface area contributed by atoms with Gasteiger partial charge in [0, 0.05) is 34.0 Å². The molecular formula is C23H28BFN2O6. The second-order valence-corrected chi connectivity index (χ2v) is 7.38. The van der Waals surface area contributed by atoms with Crippen LogP contribution in [0.15, 0.2) is 48.5 Å². The second kappa shape index (κ2) is 12.7. The summed E-state index contributed by atoms with van der Waals surface area (Å²) in [6.07, 6.45) is 0.0753. The minimum absolute atomic E-state index is 0.0733. The van der Waals surface area contributed by atoms with Crippen LogP contribution in [0.1, 0.15) is 18.1 Å². The van der Waals surface area contributed by atoms with Crippen LogP contribution in [0.2, 0.25) is 0 Å². The van der Waals surface area contributed by atoms with Crippen LogP contribution in [-0.2, 0) is 41.3 Å². The van der Waals surface area contributed by atoms with E-state index >= 15 is 0 Å². The summed E-state index contributed by atoms with van der Waals surface area (Å²) in [5.41, 5.74) is 1.81. The smallest absolute Gasteiger partial charge is 0.467 e. The van der Waals surface area contributed by atoms with Gasteiger partial charge in [-0.3, -0.25) is 9.59 Å². The van der Waals surface area contributed by atoms with Crippen molar-refractivity contribution in [2.24, 2.45) is 0 Å². The number of carbonyl (C=O) groups is 3. The molecule has 0 unspecified atom stereocenters. The highest BCUT2D eigenvalue weighted by molar-refractivity contribution is 6.61. The van der Waals surface area contributed by atoms with Crippen LogP contribution in [-0.4, -0.2) is 58.3 Å². The van der Waals surface area contributed by atoms with E-state index < -0.39 is 42.8 Å². The first kappa shape index (κ1) is 26.0. The molecule has 2 aromatic rings. The largest absolute Gasteiger partial charge is 0.493 e. The molecule has 0 spiro atoms. The molecule has 2 atom stereocenters. The summed E-state index contributed by atoms with van der Waals surface area (Å²) in [4.78, 5) is 36.9. The number of ether oxygens (including phenoxy) is 1. The van der Waals surface area contributed by atoms with Crippen LogP contribution < -0.4 is 16.1 Å². The molecule has 176 valence electrons. The monoisotopic (exact) mass is 458 g/mol. The van der Waals surface area contributed by atoms with Crippen LogP contribution in [0, 0.1) is 5.82 Å². The van der Waals surface area contributed by atoms with Gasteiger partial charge in [-0.2, -0.15) is 0 Å². The highest BCUT2D eigenvalue weighted by atomic mass is 19.1. The lowest BCUT2D eigenvalue weighted by Gasteiger charge is -2.22. The first-order valence-corrected chi connectivity index (χ1v) is 10.3. The number of carbonyl (C=O) groups excluding carboxylic acids is 3. The van der Waals surface area contributed by atoms with Gasteiger partial charge >= 0.3 is 13.1 Å². The van der Waals surface area contributed by atoms with Gasteiger partial charge in [0.2, 0.25) is 11.8 Å². The molecule has 0 fully saturated rings. The van der Waals surface area contributed by atoms with Gasteiger partial charge in [0.1, 0.15) is 17.9 Å². The Balaban J connectivity index is 2.17. The van der Waals surface area contributed by atoms with Gasteiger partial charge in [0.25, 0.3) is 0 Å². The molecule has 2 amide bonds. The summed E-state index contributed by atoms with van der Waals surface area (Å²) in [5.74, 6) is -2.22. The zero-order chi connectivity index (χ0) is 24.4. The number of rotatable bonds is 11. The Bertz CT molecular complexity index is 952. The molecule has 0 heterocycles. The molecule has 2 rings (SSSR count). The lowest BCUT2D eigenvalue weighted by atomic mass is 9.78. The fourth-order valence-corrected chi connectivity index (χ4v) is 3.36. The Morgan fingerprint density at radius 1 is 0.909 bits per heavy atom. The van der Waals surface area contributed by atoms with E-state index in [4.69, 9.17) is 14.0 Å². The number of halogens is 1. The van der Waals surface area contributed by atoms with E-state index in [0.717, 1.165) is 11.0 Å². The molecule has 8 nitrogen and oxygen atoms in total. The molecule has 10 heteroatoms. The van der Waals surface area contributed by atoms with Crippen LogP contribution in [0.3, 0.4) is 0 Å². The topological polar surface area (TPSA) is 103 Å².